The maximum absolute atomic E-state index is 11.9. The van der Waals surface area contributed by atoms with E-state index in [0.717, 1.165) is 13.1 Å². The number of carbonyl (C=O) groups excluding carboxylic acids is 1. The largest absolute Gasteiger partial charge is 0.352 e. The third kappa shape index (κ3) is 3.31. The molecule has 104 valence electrons. The van der Waals surface area contributed by atoms with Gasteiger partial charge in [-0.25, -0.2) is 13.1 Å². The van der Waals surface area contributed by atoms with Crippen LogP contribution in [0.5, 0.6) is 0 Å². The van der Waals surface area contributed by atoms with Gasteiger partial charge in [-0.3, -0.25) is 4.79 Å². The predicted octanol–water partition coefficient (Wildman–Crippen LogP) is -0.456. The van der Waals surface area contributed by atoms with Crippen molar-refractivity contribution in [1.82, 2.24) is 15.4 Å². The lowest BCUT2D eigenvalue weighted by molar-refractivity contribution is 0.0942. The molecule has 0 spiro atoms. The Labute approximate surface area is 112 Å². The van der Waals surface area contributed by atoms with Crippen LogP contribution in [0, 0.1) is 5.92 Å². The van der Waals surface area contributed by atoms with Crippen molar-refractivity contribution in [2.45, 2.75) is 4.90 Å². The van der Waals surface area contributed by atoms with Gasteiger partial charge in [0.1, 0.15) is 0 Å². The van der Waals surface area contributed by atoms with E-state index in [-0.39, 0.29) is 10.8 Å². The van der Waals surface area contributed by atoms with Crippen molar-refractivity contribution in [1.29, 1.82) is 0 Å². The Balaban J connectivity index is 2.07. The Morgan fingerprint density at radius 3 is 2.74 bits per heavy atom. The molecule has 1 aliphatic heterocycles. The molecule has 1 aromatic rings. The topological polar surface area (TPSA) is 87.3 Å². The monoisotopic (exact) mass is 283 g/mol. The van der Waals surface area contributed by atoms with Crippen LogP contribution in [0.3, 0.4) is 0 Å². The van der Waals surface area contributed by atoms with Crippen LogP contribution in [-0.2, 0) is 10.0 Å². The molecule has 7 heteroatoms. The summed E-state index contributed by atoms with van der Waals surface area (Å²) in [5.41, 5.74) is 0.351. The molecule has 1 amide bonds. The van der Waals surface area contributed by atoms with Gasteiger partial charge in [-0.15, -0.1) is 0 Å². The summed E-state index contributed by atoms with van der Waals surface area (Å²) in [5.74, 6) is 0.216. The lowest BCUT2D eigenvalue weighted by Gasteiger charge is -2.27. The molecular weight excluding hydrogens is 266 g/mol. The molecule has 1 heterocycles. The van der Waals surface area contributed by atoms with E-state index >= 15 is 0 Å². The first-order valence-electron chi connectivity index (χ1n) is 6.05. The van der Waals surface area contributed by atoms with Crippen LogP contribution in [0.25, 0.3) is 0 Å². The second-order valence-corrected chi connectivity index (χ2v) is 6.36. The van der Waals surface area contributed by atoms with Crippen LogP contribution in [-0.4, -0.2) is 41.0 Å². The van der Waals surface area contributed by atoms with Crippen molar-refractivity contribution in [3.05, 3.63) is 29.8 Å². The fraction of sp³-hybridized carbons (Fsp3) is 0.417. The van der Waals surface area contributed by atoms with Gasteiger partial charge >= 0.3 is 0 Å². The summed E-state index contributed by atoms with van der Waals surface area (Å²) in [7, 11) is -2.18. The summed E-state index contributed by atoms with van der Waals surface area (Å²) in [6.45, 7) is 2.43. The third-order valence-corrected chi connectivity index (χ3v) is 4.50. The van der Waals surface area contributed by atoms with Crippen molar-refractivity contribution >= 4 is 15.9 Å². The SMILES string of the molecule is CNS(=O)(=O)c1cccc(C(=O)NCC2CNC2)c1. The average Bonchev–Trinajstić information content (AvgIpc) is 2.37. The highest BCUT2D eigenvalue weighted by Gasteiger charge is 2.18. The van der Waals surface area contributed by atoms with Gasteiger partial charge in [0.2, 0.25) is 10.0 Å². The number of nitrogens with one attached hydrogen (secondary N) is 3. The molecule has 0 aliphatic carbocycles. The van der Waals surface area contributed by atoms with E-state index in [1.807, 2.05) is 0 Å². The van der Waals surface area contributed by atoms with E-state index in [0.29, 0.717) is 18.0 Å². The van der Waals surface area contributed by atoms with Crippen molar-refractivity contribution in [2.75, 3.05) is 26.7 Å². The zero-order valence-corrected chi connectivity index (χ0v) is 11.5. The Bertz CT molecular complexity index is 567. The summed E-state index contributed by atoms with van der Waals surface area (Å²) in [6, 6.07) is 5.99. The standard InChI is InChI=1S/C12H17N3O3S/c1-13-19(17,18)11-4-2-3-10(5-11)12(16)15-8-9-6-14-7-9/h2-5,9,13-14H,6-8H2,1H3,(H,15,16). The second kappa shape index (κ2) is 5.68. The zero-order valence-electron chi connectivity index (χ0n) is 10.6. The van der Waals surface area contributed by atoms with Crippen LogP contribution in [0.2, 0.25) is 0 Å². The summed E-state index contributed by atoms with van der Waals surface area (Å²) < 4.78 is 25.5. The van der Waals surface area contributed by atoms with Crippen LogP contribution in [0.4, 0.5) is 0 Å². The average molecular weight is 283 g/mol. The number of sulfonamides is 1. The maximum atomic E-state index is 11.9. The van der Waals surface area contributed by atoms with Gasteiger partial charge in [0.05, 0.1) is 4.90 Å². The molecular formula is C12H17N3O3S. The molecule has 2 rings (SSSR count). The fourth-order valence-electron chi connectivity index (χ4n) is 1.75. The first-order valence-corrected chi connectivity index (χ1v) is 7.54. The molecule has 1 aliphatic rings. The van der Waals surface area contributed by atoms with Crippen molar-refractivity contribution in [3.63, 3.8) is 0 Å². The van der Waals surface area contributed by atoms with E-state index in [1.54, 1.807) is 12.1 Å². The minimum Gasteiger partial charge on any atom is -0.352 e. The molecule has 19 heavy (non-hydrogen) atoms. The Hall–Kier alpha value is -1.44. The number of hydrogen-bond donors (Lipinski definition) is 3. The van der Waals surface area contributed by atoms with Crippen LogP contribution in [0.15, 0.2) is 29.2 Å². The van der Waals surface area contributed by atoms with Crippen LogP contribution < -0.4 is 15.4 Å². The Kier molecular flexibility index (Phi) is 4.18. The minimum absolute atomic E-state index is 0.0907. The fourth-order valence-corrected chi connectivity index (χ4v) is 2.53. The Morgan fingerprint density at radius 2 is 2.16 bits per heavy atom. The summed E-state index contributed by atoms with van der Waals surface area (Å²) in [5, 5.41) is 5.93. The first-order chi connectivity index (χ1) is 9.03. The molecule has 1 fully saturated rings. The molecule has 1 saturated heterocycles. The maximum Gasteiger partial charge on any atom is 0.251 e. The molecule has 6 nitrogen and oxygen atoms in total. The summed E-state index contributed by atoms with van der Waals surface area (Å²) >= 11 is 0. The normalized spacial score (nSPS) is 15.8. The summed E-state index contributed by atoms with van der Waals surface area (Å²) in [6.07, 6.45) is 0. The number of carbonyl (C=O) groups is 1. The van der Waals surface area contributed by atoms with E-state index < -0.39 is 10.0 Å². The highest BCUT2D eigenvalue weighted by Crippen LogP contribution is 2.11. The zero-order chi connectivity index (χ0) is 13.9. The van der Waals surface area contributed by atoms with Gasteiger partial charge in [-0.2, -0.15) is 0 Å². The number of hydrogen-bond acceptors (Lipinski definition) is 4. The lowest BCUT2D eigenvalue weighted by atomic mass is 10.0. The van der Waals surface area contributed by atoms with Crippen molar-refractivity contribution in [2.24, 2.45) is 5.92 Å². The van der Waals surface area contributed by atoms with Crippen molar-refractivity contribution in [3.8, 4) is 0 Å². The molecule has 3 N–H and O–H groups in total. The van der Waals surface area contributed by atoms with Gasteiger partial charge < -0.3 is 10.6 Å². The van der Waals surface area contributed by atoms with Crippen molar-refractivity contribution < 1.29 is 13.2 Å². The van der Waals surface area contributed by atoms with E-state index in [9.17, 15) is 13.2 Å². The van der Waals surface area contributed by atoms with Crippen LogP contribution >= 0.6 is 0 Å². The molecule has 0 atom stereocenters. The molecule has 1 aromatic carbocycles. The summed E-state index contributed by atoms with van der Waals surface area (Å²) in [4.78, 5) is 12.0. The van der Waals surface area contributed by atoms with Gasteiger partial charge in [0, 0.05) is 31.1 Å². The lowest BCUT2D eigenvalue weighted by Crippen LogP contribution is -2.48. The quantitative estimate of drug-likeness (QED) is 0.682. The Morgan fingerprint density at radius 1 is 1.42 bits per heavy atom. The minimum atomic E-state index is -3.52. The van der Waals surface area contributed by atoms with E-state index in [4.69, 9.17) is 0 Å². The predicted molar refractivity (Wildman–Crippen MR) is 71.4 cm³/mol. The highest BCUT2D eigenvalue weighted by atomic mass is 32.2. The number of benzene rings is 1. The smallest absolute Gasteiger partial charge is 0.251 e. The second-order valence-electron chi connectivity index (χ2n) is 4.47. The first kappa shape index (κ1) is 14.0. The van der Waals surface area contributed by atoms with Gasteiger partial charge in [-0.05, 0) is 25.2 Å². The van der Waals surface area contributed by atoms with Gasteiger partial charge in [0.25, 0.3) is 5.91 Å². The van der Waals surface area contributed by atoms with Gasteiger partial charge in [-0.1, -0.05) is 6.07 Å². The highest BCUT2D eigenvalue weighted by molar-refractivity contribution is 7.89. The van der Waals surface area contributed by atoms with E-state index in [1.165, 1.54) is 19.2 Å². The van der Waals surface area contributed by atoms with E-state index in [2.05, 4.69) is 15.4 Å². The number of amides is 1. The van der Waals surface area contributed by atoms with Gasteiger partial charge in [0.15, 0.2) is 0 Å². The number of rotatable bonds is 5. The molecule has 0 radical (unpaired) electrons. The molecule has 0 unspecified atom stereocenters. The molecule has 0 aromatic heterocycles. The molecule has 0 saturated carbocycles. The third-order valence-electron chi connectivity index (χ3n) is 3.09. The van der Waals surface area contributed by atoms with Crippen LogP contribution in [0.1, 0.15) is 10.4 Å². The molecule has 0 bridgehead atoms.